The number of anilines is 1. The highest BCUT2D eigenvalue weighted by Gasteiger charge is 2.19. The van der Waals surface area contributed by atoms with Gasteiger partial charge in [-0.05, 0) is 12.5 Å². The van der Waals surface area contributed by atoms with Crippen LogP contribution in [0.25, 0.3) is 11.3 Å². The molecule has 1 aliphatic rings. The molecule has 0 aliphatic carbocycles. The van der Waals surface area contributed by atoms with Gasteiger partial charge in [0, 0.05) is 30.4 Å². The number of nitrogen functional groups attached to an aromatic ring is 1. The Morgan fingerprint density at radius 1 is 1.35 bits per heavy atom. The molecule has 17 heavy (non-hydrogen) atoms. The monoisotopic (exact) mass is 229 g/mol. The van der Waals surface area contributed by atoms with Crippen LogP contribution in [-0.4, -0.2) is 20.8 Å². The molecule has 1 atom stereocenters. The van der Waals surface area contributed by atoms with Crippen molar-refractivity contribution in [2.75, 3.05) is 5.73 Å². The number of aliphatic hydroxyl groups is 1. The topological polar surface area (TPSA) is 64.1 Å². The van der Waals surface area contributed by atoms with Gasteiger partial charge < -0.3 is 15.4 Å². The van der Waals surface area contributed by atoms with Gasteiger partial charge in [-0.1, -0.05) is 18.2 Å². The van der Waals surface area contributed by atoms with Crippen LogP contribution in [0.2, 0.25) is 0 Å². The van der Waals surface area contributed by atoms with Gasteiger partial charge in [-0.25, -0.2) is 4.98 Å². The standard InChI is InChI=1S/C13H15N3O/c14-11-4-2-1-3-10(11)12-8-16-6-5-9(17)7-13(16)15-12/h1-4,8-9,17H,5-7,14H2. The Morgan fingerprint density at radius 2 is 2.18 bits per heavy atom. The zero-order chi connectivity index (χ0) is 11.8. The number of aryl methyl sites for hydroxylation is 1. The van der Waals surface area contributed by atoms with E-state index in [9.17, 15) is 5.11 Å². The van der Waals surface area contributed by atoms with E-state index in [4.69, 9.17) is 5.73 Å². The number of aliphatic hydroxyl groups excluding tert-OH is 1. The number of imidazole rings is 1. The molecule has 0 fully saturated rings. The highest BCUT2D eigenvalue weighted by Crippen LogP contribution is 2.26. The van der Waals surface area contributed by atoms with Crippen LogP contribution in [-0.2, 0) is 13.0 Å². The summed E-state index contributed by atoms with van der Waals surface area (Å²) in [5.74, 6) is 0.946. The van der Waals surface area contributed by atoms with E-state index < -0.39 is 0 Å². The first-order chi connectivity index (χ1) is 8.24. The van der Waals surface area contributed by atoms with E-state index >= 15 is 0 Å². The van der Waals surface area contributed by atoms with Crippen LogP contribution >= 0.6 is 0 Å². The fourth-order valence-corrected chi connectivity index (χ4v) is 2.27. The van der Waals surface area contributed by atoms with Gasteiger partial charge in [0.15, 0.2) is 0 Å². The van der Waals surface area contributed by atoms with E-state index in [0.29, 0.717) is 6.42 Å². The van der Waals surface area contributed by atoms with E-state index in [2.05, 4.69) is 9.55 Å². The second kappa shape index (κ2) is 3.89. The third-order valence-electron chi connectivity index (χ3n) is 3.22. The summed E-state index contributed by atoms with van der Waals surface area (Å²) >= 11 is 0. The number of hydrogen-bond donors (Lipinski definition) is 2. The van der Waals surface area contributed by atoms with Crippen LogP contribution in [0.1, 0.15) is 12.2 Å². The van der Waals surface area contributed by atoms with Crippen LogP contribution in [0.15, 0.2) is 30.5 Å². The summed E-state index contributed by atoms with van der Waals surface area (Å²) in [5, 5.41) is 9.61. The first-order valence-electron chi connectivity index (χ1n) is 5.83. The lowest BCUT2D eigenvalue weighted by Gasteiger charge is -2.18. The predicted molar refractivity (Wildman–Crippen MR) is 66.4 cm³/mol. The Kier molecular flexibility index (Phi) is 2.37. The number of benzene rings is 1. The lowest BCUT2D eigenvalue weighted by Crippen LogP contribution is -2.22. The molecule has 0 bridgehead atoms. The lowest BCUT2D eigenvalue weighted by atomic mass is 10.1. The Morgan fingerprint density at radius 3 is 3.00 bits per heavy atom. The van der Waals surface area contributed by atoms with Crippen LogP contribution in [0.4, 0.5) is 5.69 Å². The van der Waals surface area contributed by atoms with E-state index in [1.807, 2.05) is 30.5 Å². The average molecular weight is 229 g/mol. The fourth-order valence-electron chi connectivity index (χ4n) is 2.27. The zero-order valence-electron chi connectivity index (χ0n) is 9.50. The molecule has 4 nitrogen and oxygen atoms in total. The summed E-state index contributed by atoms with van der Waals surface area (Å²) in [6.45, 7) is 0.830. The number of fused-ring (bicyclic) bond motifs is 1. The van der Waals surface area contributed by atoms with Crippen LogP contribution < -0.4 is 5.73 Å². The number of nitrogens with two attached hydrogens (primary N) is 1. The SMILES string of the molecule is Nc1ccccc1-c1cn2c(n1)CC(O)CC2. The van der Waals surface area contributed by atoms with E-state index in [1.54, 1.807) is 0 Å². The molecule has 0 spiro atoms. The molecule has 88 valence electrons. The largest absolute Gasteiger partial charge is 0.398 e. The molecule has 3 N–H and O–H groups in total. The molecule has 4 heteroatoms. The summed E-state index contributed by atoms with van der Waals surface area (Å²) in [5.41, 5.74) is 8.54. The predicted octanol–water partition coefficient (Wildman–Crippen LogP) is 1.44. The van der Waals surface area contributed by atoms with Crippen LogP contribution in [0.3, 0.4) is 0 Å². The Labute approximate surface area is 99.7 Å². The van der Waals surface area contributed by atoms with Gasteiger partial charge in [0.05, 0.1) is 11.8 Å². The second-order valence-electron chi connectivity index (χ2n) is 4.47. The van der Waals surface area contributed by atoms with Gasteiger partial charge in [-0.2, -0.15) is 0 Å². The molecule has 1 aromatic carbocycles. The molecular formula is C13H15N3O. The number of para-hydroxylation sites is 1. The fraction of sp³-hybridized carbons (Fsp3) is 0.308. The van der Waals surface area contributed by atoms with Gasteiger partial charge >= 0.3 is 0 Å². The minimum atomic E-state index is -0.258. The average Bonchev–Trinajstić information content (AvgIpc) is 2.72. The molecular weight excluding hydrogens is 214 g/mol. The number of aromatic nitrogens is 2. The van der Waals surface area contributed by atoms with Gasteiger partial charge in [0.25, 0.3) is 0 Å². The second-order valence-corrected chi connectivity index (χ2v) is 4.47. The Hall–Kier alpha value is -1.81. The summed E-state index contributed by atoms with van der Waals surface area (Å²) in [7, 11) is 0. The minimum absolute atomic E-state index is 0.258. The van der Waals surface area contributed by atoms with Gasteiger partial charge in [0.2, 0.25) is 0 Å². The van der Waals surface area contributed by atoms with Crippen molar-refractivity contribution in [2.24, 2.45) is 0 Å². The maximum absolute atomic E-state index is 9.61. The zero-order valence-corrected chi connectivity index (χ0v) is 9.50. The van der Waals surface area contributed by atoms with Crippen molar-refractivity contribution in [2.45, 2.75) is 25.5 Å². The molecule has 2 heterocycles. The molecule has 0 amide bonds. The quantitative estimate of drug-likeness (QED) is 0.727. The molecule has 3 rings (SSSR count). The van der Waals surface area contributed by atoms with Crippen molar-refractivity contribution in [1.29, 1.82) is 0 Å². The molecule has 0 radical (unpaired) electrons. The third-order valence-corrected chi connectivity index (χ3v) is 3.22. The highest BCUT2D eigenvalue weighted by molar-refractivity contribution is 5.73. The van der Waals surface area contributed by atoms with Crippen molar-refractivity contribution in [3.05, 3.63) is 36.3 Å². The van der Waals surface area contributed by atoms with Gasteiger partial charge in [-0.15, -0.1) is 0 Å². The van der Waals surface area contributed by atoms with Crippen LogP contribution in [0, 0.1) is 0 Å². The molecule has 2 aromatic rings. The van der Waals surface area contributed by atoms with Crippen molar-refractivity contribution in [3.8, 4) is 11.3 Å². The van der Waals surface area contributed by atoms with Crippen LogP contribution in [0.5, 0.6) is 0 Å². The van der Waals surface area contributed by atoms with Gasteiger partial charge in [-0.3, -0.25) is 0 Å². The summed E-state index contributed by atoms with van der Waals surface area (Å²) < 4.78 is 2.11. The van der Waals surface area contributed by atoms with Crippen molar-refractivity contribution in [3.63, 3.8) is 0 Å². The third kappa shape index (κ3) is 1.80. The van der Waals surface area contributed by atoms with Crippen molar-refractivity contribution < 1.29 is 5.11 Å². The normalized spacial score (nSPS) is 19.0. The van der Waals surface area contributed by atoms with E-state index in [-0.39, 0.29) is 6.10 Å². The lowest BCUT2D eigenvalue weighted by molar-refractivity contribution is 0.141. The van der Waals surface area contributed by atoms with E-state index in [0.717, 1.165) is 35.7 Å². The minimum Gasteiger partial charge on any atom is -0.398 e. The Bertz CT molecular complexity index is 547. The van der Waals surface area contributed by atoms with Crippen molar-refractivity contribution >= 4 is 5.69 Å². The number of rotatable bonds is 1. The number of nitrogens with zero attached hydrogens (tertiary/aromatic N) is 2. The van der Waals surface area contributed by atoms with Crippen molar-refractivity contribution in [1.82, 2.24) is 9.55 Å². The summed E-state index contributed by atoms with van der Waals surface area (Å²) in [6, 6.07) is 7.72. The van der Waals surface area contributed by atoms with E-state index in [1.165, 1.54) is 0 Å². The summed E-state index contributed by atoms with van der Waals surface area (Å²) in [6.07, 6.45) is 3.19. The maximum Gasteiger partial charge on any atom is 0.112 e. The van der Waals surface area contributed by atoms with Gasteiger partial charge in [0.1, 0.15) is 5.82 Å². The Balaban J connectivity index is 2.03. The molecule has 1 aliphatic heterocycles. The highest BCUT2D eigenvalue weighted by atomic mass is 16.3. The first-order valence-corrected chi connectivity index (χ1v) is 5.83. The molecule has 1 unspecified atom stereocenters. The molecule has 0 saturated carbocycles. The summed E-state index contributed by atoms with van der Waals surface area (Å²) in [4.78, 5) is 4.56. The molecule has 1 aromatic heterocycles. The molecule has 0 saturated heterocycles. The number of hydrogen-bond acceptors (Lipinski definition) is 3. The smallest absolute Gasteiger partial charge is 0.112 e. The first kappa shape index (κ1) is 10.4. The maximum atomic E-state index is 9.61.